The van der Waals surface area contributed by atoms with Crippen molar-refractivity contribution < 1.29 is 14.3 Å². The average molecular weight is 472 g/mol. The SMILES string of the molecule is CC(=O)Nc1ccc2nc(NC(=O)c3ccc(OCc4cn5cc(C)ccc5n4)cc3)sc2c1. The molecule has 2 aromatic carbocycles. The Morgan fingerprint density at radius 3 is 2.62 bits per heavy atom. The highest BCUT2D eigenvalue weighted by Gasteiger charge is 2.11. The van der Waals surface area contributed by atoms with E-state index in [1.165, 1.54) is 18.3 Å². The third kappa shape index (κ3) is 4.74. The lowest BCUT2D eigenvalue weighted by atomic mass is 10.2. The fourth-order valence-corrected chi connectivity index (χ4v) is 4.41. The minimum absolute atomic E-state index is 0.141. The summed E-state index contributed by atoms with van der Waals surface area (Å²) in [5.41, 5.74) is 4.79. The zero-order valence-electron chi connectivity index (χ0n) is 18.5. The van der Waals surface area contributed by atoms with Crippen molar-refractivity contribution in [2.45, 2.75) is 20.5 Å². The fourth-order valence-electron chi connectivity index (χ4n) is 3.51. The van der Waals surface area contributed by atoms with Gasteiger partial charge in [-0.25, -0.2) is 9.97 Å². The van der Waals surface area contributed by atoms with Crippen LogP contribution in [-0.4, -0.2) is 26.2 Å². The van der Waals surface area contributed by atoms with Gasteiger partial charge in [0.05, 0.1) is 15.9 Å². The fraction of sp³-hybridized carbons (Fsp3) is 0.120. The molecule has 0 atom stereocenters. The van der Waals surface area contributed by atoms with Crippen molar-refractivity contribution in [1.82, 2.24) is 14.4 Å². The predicted molar refractivity (Wildman–Crippen MR) is 133 cm³/mol. The zero-order chi connectivity index (χ0) is 23.7. The summed E-state index contributed by atoms with van der Waals surface area (Å²) in [4.78, 5) is 32.9. The lowest BCUT2D eigenvalue weighted by molar-refractivity contribution is -0.114. The van der Waals surface area contributed by atoms with Crippen molar-refractivity contribution >= 4 is 49.8 Å². The molecule has 0 aliphatic carbocycles. The van der Waals surface area contributed by atoms with Gasteiger partial charge in [0.15, 0.2) is 5.13 Å². The van der Waals surface area contributed by atoms with Crippen molar-refractivity contribution in [3.8, 4) is 5.75 Å². The van der Waals surface area contributed by atoms with Crippen LogP contribution in [0.3, 0.4) is 0 Å². The molecule has 2 amide bonds. The summed E-state index contributed by atoms with van der Waals surface area (Å²) in [6.45, 7) is 3.83. The minimum atomic E-state index is -0.261. The Morgan fingerprint density at radius 2 is 1.82 bits per heavy atom. The van der Waals surface area contributed by atoms with E-state index in [1.807, 2.05) is 48.0 Å². The van der Waals surface area contributed by atoms with Crippen molar-refractivity contribution in [2.24, 2.45) is 0 Å². The molecule has 3 heterocycles. The Kier molecular flexibility index (Phi) is 5.69. The highest BCUT2D eigenvalue weighted by molar-refractivity contribution is 7.22. The summed E-state index contributed by atoms with van der Waals surface area (Å²) in [7, 11) is 0. The molecule has 0 spiro atoms. The molecule has 0 saturated heterocycles. The van der Waals surface area contributed by atoms with E-state index >= 15 is 0 Å². The molecule has 8 nitrogen and oxygen atoms in total. The van der Waals surface area contributed by atoms with Gasteiger partial charge >= 0.3 is 0 Å². The van der Waals surface area contributed by atoms with Crippen LogP contribution in [0.5, 0.6) is 5.75 Å². The van der Waals surface area contributed by atoms with Gasteiger partial charge in [0.2, 0.25) is 5.91 Å². The number of imidazole rings is 1. The van der Waals surface area contributed by atoms with E-state index < -0.39 is 0 Å². The molecular formula is C25H21N5O3S. The molecule has 3 aromatic heterocycles. The number of pyridine rings is 1. The van der Waals surface area contributed by atoms with Crippen LogP contribution in [0.25, 0.3) is 15.9 Å². The number of aryl methyl sites for hydroxylation is 1. The molecule has 34 heavy (non-hydrogen) atoms. The summed E-state index contributed by atoms with van der Waals surface area (Å²) >= 11 is 1.34. The number of amides is 2. The Bertz CT molecular complexity index is 1520. The number of thiazole rings is 1. The predicted octanol–water partition coefficient (Wildman–Crippen LogP) is 5.04. The third-order valence-electron chi connectivity index (χ3n) is 5.08. The number of ether oxygens (including phenoxy) is 1. The number of nitrogens with one attached hydrogen (secondary N) is 2. The Labute approximate surface area is 199 Å². The van der Waals surface area contributed by atoms with E-state index in [2.05, 4.69) is 20.6 Å². The number of hydrogen-bond acceptors (Lipinski definition) is 6. The van der Waals surface area contributed by atoms with Crippen molar-refractivity contribution in [3.05, 3.63) is 83.8 Å². The topological polar surface area (TPSA) is 97.6 Å². The van der Waals surface area contributed by atoms with Gasteiger partial charge in [-0.3, -0.25) is 14.9 Å². The summed E-state index contributed by atoms with van der Waals surface area (Å²) in [5, 5.41) is 6.06. The van der Waals surface area contributed by atoms with Crippen molar-refractivity contribution in [1.29, 1.82) is 0 Å². The van der Waals surface area contributed by atoms with E-state index in [1.54, 1.807) is 30.3 Å². The lowest BCUT2D eigenvalue weighted by Crippen LogP contribution is -2.11. The van der Waals surface area contributed by atoms with Crippen LogP contribution < -0.4 is 15.4 Å². The number of hydrogen-bond donors (Lipinski definition) is 2. The van der Waals surface area contributed by atoms with Crippen LogP contribution in [0.15, 0.2) is 67.0 Å². The smallest absolute Gasteiger partial charge is 0.257 e. The van der Waals surface area contributed by atoms with Gasteiger partial charge in [0.25, 0.3) is 5.91 Å². The summed E-state index contributed by atoms with van der Waals surface area (Å²) < 4.78 is 8.68. The summed E-state index contributed by atoms with van der Waals surface area (Å²) in [6, 6.07) is 16.3. The molecule has 2 N–H and O–H groups in total. The minimum Gasteiger partial charge on any atom is -0.487 e. The van der Waals surface area contributed by atoms with E-state index in [-0.39, 0.29) is 11.8 Å². The number of carbonyl (C=O) groups is 2. The molecule has 170 valence electrons. The number of nitrogens with zero attached hydrogens (tertiary/aromatic N) is 3. The van der Waals surface area contributed by atoms with Crippen molar-refractivity contribution in [3.63, 3.8) is 0 Å². The highest BCUT2D eigenvalue weighted by atomic mass is 32.1. The molecule has 9 heteroatoms. The highest BCUT2D eigenvalue weighted by Crippen LogP contribution is 2.29. The number of fused-ring (bicyclic) bond motifs is 2. The molecule has 5 rings (SSSR count). The van der Waals surface area contributed by atoms with Gasteiger partial charge in [0, 0.05) is 30.6 Å². The second-order valence-corrected chi connectivity index (χ2v) is 8.88. The zero-order valence-corrected chi connectivity index (χ0v) is 19.3. The molecule has 0 fully saturated rings. The molecule has 0 bridgehead atoms. The van der Waals surface area contributed by atoms with Gasteiger partial charge in [-0.1, -0.05) is 17.4 Å². The first-order valence-electron chi connectivity index (χ1n) is 10.6. The number of benzene rings is 2. The quantitative estimate of drug-likeness (QED) is 0.362. The van der Waals surface area contributed by atoms with E-state index in [9.17, 15) is 9.59 Å². The van der Waals surface area contributed by atoms with E-state index in [0.717, 1.165) is 27.1 Å². The van der Waals surface area contributed by atoms with Crippen LogP contribution in [0.1, 0.15) is 28.5 Å². The monoisotopic (exact) mass is 471 g/mol. The maximum Gasteiger partial charge on any atom is 0.257 e. The van der Waals surface area contributed by atoms with Crippen LogP contribution in [0, 0.1) is 6.92 Å². The molecule has 0 saturated carbocycles. The maximum absolute atomic E-state index is 12.7. The second-order valence-electron chi connectivity index (χ2n) is 7.85. The standard InChI is InChI=1S/C25H21N5O3S/c1-15-3-10-23-27-19(13-30(23)12-15)14-33-20-7-4-17(5-8-20)24(32)29-25-28-21-9-6-18(26-16(2)31)11-22(21)34-25/h3-13H,14H2,1-2H3,(H,26,31)(H,28,29,32). The van der Waals surface area contributed by atoms with Crippen molar-refractivity contribution in [2.75, 3.05) is 10.6 Å². The Morgan fingerprint density at radius 1 is 1.00 bits per heavy atom. The number of anilines is 2. The van der Waals surface area contributed by atoms with Crippen LogP contribution in [0.2, 0.25) is 0 Å². The first kappa shape index (κ1) is 21.6. The first-order chi connectivity index (χ1) is 16.4. The number of rotatable bonds is 6. The molecule has 0 radical (unpaired) electrons. The van der Waals surface area contributed by atoms with Crippen LogP contribution >= 0.6 is 11.3 Å². The molecule has 0 unspecified atom stereocenters. The molecular weight excluding hydrogens is 450 g/mol. The number of carbonyl (C=O) groups excluding carboxylic acids is 2. The largest absolute Gasteiger partial charge is 0.487 e. The Balaban J connectivity index is 1.22. The van der Waals surface area contributed by atoms with Gasteiger partial charge < -0.3 is 14.5 Å². The molecule has 5 aromatic rings. The normalized spacial score (nSPS) is 11.0. The summed E-state index contributed by atoms with van der Waals surface area (Å²) in [5.74, 6) is 0.247. The maximum atomic E-state index is 12.7. The van der Waals surface area contributed by atoms with Gasteiger partial charge in [0.1, 0.15) is 18.0 Å². The van der Waals surface area contributed by atoms with Crippen LogP contribution in [-0.2, 0) is 11.4 Å². The average Bonchev–Trinajstić information content (AvgIpc) is 3.39. The third-order valence-corrected chi connectivity index (χ3v) is 6.01. The van der Waals surface area contributed by atoms with Crippen LogP contribution in [0.4, 0.5) is 10.8 Å². The number of aromatic nitrogens is 3. The van der Waals surface area contributed by atoms with Gasteiger partial charge in [-0.15, -0.1) is 0 Å². The van der Waals surface area contributed by atoms with E-state index in [0.29, 0.717) is 28.7 Å². The molecule has 0 aliphatic rings. The second kappa shape index (κ2) is 8.95. The first-order valence-corrected chi connectivity index (χ1v) is 11.4. The van der Waals surface area contributed by atoms with Gasteiger partial charge in [-0.2, -0.15) is 0 Å². The van der Waals surface area contributed by atoms with Gasteiger partial charge in [-0.05, 0) is 61.0 Å². The molecule has 0 aliphatic heterocycles. The Hall–Kier alpha value is -4.24. The van der Waals surface area contributed by atoms with E-state index in [4.69, 9.17) is 4.74 Å². The summed E-state index contributed by atoms with van der Waals surface area (Å²) in [6.07, 6.45) is 3.97. The lowest BCUT2D eigenvalue weighted by Gasteiger charge is -2.06.